The van der Waals surface area contributed by atoms with E-state index in [0.29, 0.717) is 0 Å². The van der Waals surface area contributed by atoms with Crippen LogP contribution in [0.5, 0.6) is 0 Å². The number of aliphatic hydroxyl groups is 1. The van der Waals surface area contributed by atoms with Crippen molar-refractivity contribution in [3.05, 3.63) is 38.8 Å². The maximum Gasteiger partial charge on any atom is 0.0896 e. The van der Waals surface area contributed by atoms with Crippen LogP contribution in [0.15, 0.2) is 28.3 Å². The van der Waals surface area contributed by atoms with E-state index in [1.54, 1.807) is 16.0 Å². The van der Waals surface area contributed by atoms with Gasteiger partial charge in [0.2, 0.25) is 0 Å². The van der Waals surface area contributed by atoms with Gasteiger partial charge < -0.3 is 5.11 Å². The number of halogens is 1. The first-order valence-electron chi connectivity index (χ1n) is 5.05. The molecule has 16 heavy (non-hydrogen) atoms. The molecular weight excluding hydrogens is 288 g/mol. The molecule has 1 N–H and O–H groups in total. The molecule has 0 aromatic carbocycles. The molecule has 0 aliphatic rings. The Kier molecular flexibility index (Phi) is 3.78. The molecule has 0 radical (unpaired) electrons. The number of hydrogen-bond acceptors (Lipinski definition) is 3. The first kappa shape index (κ1) is 11.8. The highest BCUT2D eigenvalue weighted by atomic mass is 79.9. The Hall–Kier alpha value is -0.650. The Morgan fingerprint density at radius 3 is 3.00 bits per heavy atom. The lowest BCUT2D eigenvalue weighted by molar-refractivity contribution is 0.171. The highest BCUT2D eigenvalue weighted by Gasteiger charge is 2.12. The van der Waals surface area contributed by atoms with Crippen molar-refractivity contribution in [3.8, 4) is 0 Å². The first-order chi connectivity index (χ1) is 7.66. The van der Waals surface area contributed by atoms with Crippen molar-refractivity contribution >= 4 is 27.3 Å². The van der Waals surface area contributed by atoms with Gasteiger partial charge in [-0.25, -0.2) is 0 Å². The van der Waals surface area contributed by atoms with Crippen molar-refractivity contribution in [1.82, 2.24) is 9.78 Å². The molecule has 3 nitrogen and oxygen atoms in total. The molecule has 0 aliphatic heterocycles. The zero-order valence-electron chi connectivity index (χ0n) is 8.93. The summed E-state index contributed by atoms with van der Waals surface area (Å²) in [5.41, 5.74) is 1.16. The van der Waals surface area contributed by atoms with E-state index in [4.69, 9.17) is 0 Å². The zero-order chi connectivity index (χ0) is 11.5. The third-order valence-corrected chi connectivity index (χ3v) is 4.38. The fourth-order valence-corrected chi connectivity index (χ4v) is 3.24. The van der Waals surface area contributed by atoms with Crippen molar-refractivity contribution in [2.75, 3.05) is 0 Å². The molecule has 0 aliphatic carbocycles. The molecule has 5 heteroatoms. The van der Waals surface area contributed by atoms with Crippen LogP contribution in [-0.4, -0.2) is 14.9 Å². The van der Waals surface area contributed by atoms with Gasteiger partial charge in [-0.1, -0.05) is 0 Å². The molecule has 0 saturated heterocycles. The van der Waals surface area contributed by atoms with E-state index in [1.807, 2.05) is 30.9 Å². The largest absolute Gasteiger partial charge is 0.388 e. The van der Waals surface area contributed by atoms with Crippen molar-refractivity contribution in [2.24, 2.45) is 7.05 Å². The van der Waals surface area contributed by atoms with Crippen LogP contribution in [0.25, 0.3) is 0 Å². The molecule has 2 aromatic rings. The summed E-state index contributed by atoms with van der Waals surface area (Å²) in [6, 6.07) is 1.97. The molecular formula is C11H13BrN2OS. The Balaban J connectivity index is 1.93. The molecule has 86 valence electrons. The molecule has 2 rings (SSSR count). The lowest BCUT2D eigenvalue weighted by Crippen LogP contribution is -1.97. The van der Waals surface area contributed by atoms with Gasteiger partial charge in [-0.15, -0.1) is 11.3 Å². The highest BCUT2D eigenvalue weighted by molar-refractivity contribution is 9.10. The second-order valence-corrected chi connectivity index (χ2v) is 5.51. The molecule has 0 bridgehead atoms. The van der Waals surface area contributed by atoms with E-state index in [9.17, 15) is 5.11 Å². The van der Waals surface area contributed by atoms with Crippen molar-refractivity contribution in [2.45, 2.75) is 18.9 Å². The highest BCUT2D eigenvalue weighted by Crippen LogP contribution is 2.31. The normalized spacial score (nSPS) is 12.9. The number of aliphatic hydroxyl groups excluding tert-OH is 1. The Morgan fingerprint density at radius 1 is 1.62 bits per heavy atom. The van der Waals surface area contributed by atoms with Crippen LogP contribution >= 0.6 is 27.3 Å². The van der Waals surface area contributed by atoms with Gasteiger partial charge in [-0.05, 0) is 45.8 Å². The van der Waals surface area contributed by atoms with E-state index in [0.717, 1.165) is 27.8 Å². The average molecular weight is 301 g/mol. The Morgan fingerprint density at radius 2 is 2.44 bits per heavy atom. The number of thiophene rings is 1. The van der Waals surface area contributed by atoms with Crippen LogP contribution in [0.2, 0.25) is 0 Å². The summed E-state index contributed by atoms with van der Waals surface area (Å²) < 4.78 is 2.78. The number of aromatic nitrogens is 2. The summed E-state index contributed by atoms with van der Waals surface area (Å²) in [6.07, 6.45) is 5.01. The fraction of sp³-hybridized carbons (Fsp3) is 0.364. The summed E-state index contributed by atoms with van der Waals surface area (Å²) in [7, 11) is 1.90. The zero-order valence-corrected chi connectivity index (χ0v) is 11.3. The van der Waals surface area contributed by atoms with Crippen LogP contribution in [0.4, 0.5) is 0 Å². The number of nitrogens with zero attached hydrogens (tertiary/aromatic N) is 2. The fourth-order valence-electron chi connectivity index (χ4n) is 1.58. The van der Waals surface area contributed by atoms with Gasteiger partial charge in [-0.2, -0.15) is 5.10 Å². The van der Waals surface area contributed by atoms with Gasteiger partial charge in [0.15, 0.2) is 0 Å². The lowest BCUT2D eigenvalue weighted by atomic mass is 10.1. The van der Waals surface area contributed by atoms with Gasteiger partial charge in [-0.3, -0.25) is 4.68 Å². The van der Waals surface area contributed by atoms with E-state index in [-0.39, 0.29) is 0 Å². The third-order valence-electron chi connectivity index (χ3n) is 2.41. The van der Waals surface area contributed by atoms with E-state index >= 15 is 0 Å². The maximum atomic E-state index is 10.0. The molecule has 0 saturated carbocycles. The molecule has 2 heterocycles. The molecule has 0 amide bonds. The van der Waals surface area contributed by atoms with Gasteiger partial charge in [0.05, 0.1) is 12.3 Å². The van der Waals surface area contributed by atoms with Crippen molar-refractivity contribution in [1.29, 1.82) is 0 Å². The Bertz CT molecular complexity index is 466. The van der Waals surface area contributed by atoms with Crippen LogP contribution < -0.4 is 0 Å². The minimum Gasteiger partial charge on any atom is -0.388 e. The first-order valence-corrected chi connectivity index (χ1v) is 6.72. The second-order valence-electron chi connectivity index (χ2n) is 3.71. The van der Waals surface area contributed by atoms with Crippen molar-refractivity contribution < 1.29 is 5.11 Å². The quantitative estimate of drug-likeness (QED) is 0.943. The smallest absolute Gasteiger partial charge is 0.0896 e. The van der Waals surface area contributed by atoms with Crippen LogP contribution in [0.3, 0.4) is 0 Å². The monoisotopic (exact) mass is 300 g/mol. The van der Waals surface area contributed by atoms with Crippen LogP contribution in [0, 0.1) is 0 Å². The maximum absolute atomic E-state index is 10.0. The molecule has 1 unspecified atom stereocenters. The summed E-state index contributed by atoms with van der Waals surface area (Å²) >= 11 is 5.01. The number of aryl methyl sites for hydroxylation is 2. The van der Waals surface area contributed by atoms with E-state index < -0.39 is 6.10 Å². The summed E-state index contributed by atoms with van der Waals surface area (Å²) in [5, 5.41) is 16.1. The summed E-state index contributed by atoms with van der Waals surface area (Å²) in [4.78, 5) is 1.00. The van der Waals surface area contributed by atoms with E-state index in [1.165, 1.54) is 0 Å². The molecule has 0 fully saturated rings. The standard InChI is InChI=1S/C11H13BrN2OS/c1-14-7-8(6-13-14)2-3-10(15)11-9(12)4-5-16-11/h4-7,10,15H,2-3H2,1H3. The number of hydrogen-bond donors (Lipinski definition) is 1. The minimum atomic E-state index is -0.394. The number of rotatable bonds is 4. The van der Waals surface area contributed by atoms with Gasteiger partial charge in [0.25, 0.3) is 0 Å². The van der Waals surface area contributed by atoms with Gasteiger partial charge in [0.1, 0.15) is 0 Å². The Labute approximate surface area is 107 Å². The van der Waals surface area contributed by atoms with E-state index in [2.05, 4.69) is 21.0 Å². The third kappa shape index (κ3) is 2.72. The second kappa shape index (κ2) is 5.12. The topological polar surface area (TPSA) is 38.0 Å². The molecule has 1 atom stereocenters. The minimum absolute atomic E-state index is 0.394. The SMILES string of the molecule is Cn1cc(CCC(O)c2sccc2Br)cn1. The van der Waals surface area contributed by atoms with Crippen LogP contribution in [0.1, 0.15) is 23.0 Å². The molecule has 0 spiro atoms. The summed E-state index contributed by atoms with van der Waals surface area (Å²) in [5.74, 6) is 0. The summed E-state index contributed by atoms with van der Waals surface area (Å²) in [6.45, 7) is 0. The predicted octanol–water partition coefficient (Wildman–Crippen LogP) is 2.91. The predicted molar refractivity (Wildman–Crippen MR) is 68.5 cm³/mol. The van der Waals surface area contributed by atoms with Gasteiger partial charge in [0, 0.05) is 22.6 Å². The molecule has 2 aromatic heterocycles. The van der Waals surface area contributed by atoms with Gasteiger partial charge >= 0.3 is 0 Å². The van der Waals surface area contributed by atoms with Crippen LogP contribution in [-0.2, 0) is 13.5 Å². The average Bonchev–Trinajstić information content (AvgIpc) is 2.84. The lowest BCUT2D eigenvalue weighted by Gasteiger charge is -2.08. The van der Waals surface area contributed by atoms with Crippen molar-refractivity contribution in [3.63, 3.8) is 0 Å².